The van der Waals surface area contributed by atoms with Gasteiger partial charge < -0.3 is 15.0 Å². The molecule has 27 heavy (non-hydrogen) atoms. The van der Waals surface area contributed by atoms with Crippen molar-refractivity contribution in [3.8, 4) is 0 Å². The number of amides is 2. The first-order valence-electron chi connectivity index (χ1n) is 9.23. The van der Waals surface area contributed by atoms with Crippen LogP contribution in [-0.4, -0.2) is 62.5 Å². The van der Waals surface area contributed by atoms with Gasteiger partial charge in [0.1, 0.15) is 13.1 Å². The molecule has 2 aliphatic rings. The molecule has 2 N–H and O–H groups in total. The van der Waals surface area contributed by atoms with Crippen molar-refractivity contribution in [2.24, 2.45) is 10.9 Å². The average molecular weight is 390 g/mol. The summed E-state index contributed by atoms with van der Waals surface area (Å²) in [5, 5.41) is 2.71. The third-order valence-electron chi connectivity index (χ3n) is 4.77. The lowest BCUT2D eigenvalue weighted by molar-refractivity contribution is -0.908. The Balaban J connectivity index is 1.58. The summed E-state index contributed by atoms with van der Waals surface area (Å²) in [7, 11) is 0. The lowest BCUT2D eigenvalue weighted by atomic mass is 10.1. The zero-order valence-electron chi connectivity index (χ0n) is 15.4. The van der Waals surface area contributed by atoms with Crippen LogP contribution in [0, 0.1) is 12.8 Å². The smallest absolute Gasteiger partial charge is 0.251 e. The van der Waals surface area contributed by atoms with Crippen LogP contribution in [0.15, 0.2) is 29.3 Å². The van der Waals surface area contributed by atoms with Gasteiger partial charge in [0.2, 0.25) is 5.91 Å². The number of aryl methyl sites for hydroxylation is 1. The standard InChI is InChI=1S/C19H24N4O3S/c1-14-3-5-15(6-4-14)23-18(25)16(17(24)21-19(23)27)13-20-7-2-8-22-9-11-26-12-10-22/h3-6,13,16H,2,7-12H2,1H3,(H,21,24,27)/p+1/t16-/m1/s1. The lowest BCUT2D eigenvalue weighted by Gasteiger charge is -2.31. The Morgan fingerprint density at radius 2 is 2.00 bits per heavy atom. The predicted octanol–water partition coefficient (Wildman–Crippen LogP) is -0.265. The summed E-state index contributed by atoms with van der Waals surface area (Å²) in [4.78, 5) is 32.2. The minimum absolute atomic E-state index is 0.106. The number of aliphatic imine (C=N–C) groups is 1. The fourth-order valence-corrected chi connectivity index (χ4v) is 3.47. The summed E-state index contributed by atoms with van der Waals surface area (Å²) < 4.78 is 5.34. The van der Waals surface area contributed by atoms with E-state index < -0.39 is 11.8 Å². The molecule has 0 aliphatic carbocycles. The van der Waals surface area contributed by atoms with E-state index in [-0.39, 0.29) is 11.0 Å². The van der Waals surface area contributed by atoms with Crippen LogP contribution >= 0.6 is 12.2 Å². The number of hydrogen-bond acceptors (Lipinski definition) is 5. The van der Waals surface area contributed by atoms with E-state index in [1.807, 2.05) is 31.2 Å². The van der Waals surface area contributed by atoms with Crippen molar-refractivity contribution < 1.29 is 19.2 Å². The Morgan fingerprint density at radius 3 is 2.70 bits per heavy atom. The molecule has 0 spiro atoms. The summed E-state index contributed by atoms with van der Waals surface area (Å²) >= 11 is 5.19. The molecule has 0 aromatic heterocycles. The largest absolute Gasteiger partial charge is 0.370 e. The zero-order valence-corrected chi connectivity index (χ0v) is 16.3. The number of quaternary nitrogens is 1. The van der Waals surface area contributed by atoms with Gasteiger partial charge in [-0.1, -0.05) is 17.7 Å². The SMILES string of the molecule is Cc1ccc(N2C(=O)[C@H](C=NCCC[NH+]3CCOCC3)C(=O)NC2=S)cc1. The summed E-state index contributed by atoms with van der Waals surface area (Å²) in [5.41, 5.74) is 1.73. The Kier molecular flexibility index (Phi) is 6.65. The molecule has 144 valence electrons. The van der Waals surface area contributed by atoms with E-state index in [2.05, 4.69) is 10.3 Å². The van der Waals surface area contributed by atoms with Gasteiger partial charge in [0.15, 0.2) is 11.0 Å². The highest BCUT2D eigenvalue weighted by Gasteiger charge is 2.38. The maximum Gasteiger partial charge on any atom is 0.251 e. The number of thiocarbonyl (C=S) groups is 1. The van der Waals surface area contributed by atoms with Gasteiger partial charge in [0, 0.05) is 19.2 Å². The molecule has 2 fully saturated rings. The lowest BCUT2D eigenvalue weighted by Crippen LogP contribution is -3.14. The number of carbonyl (C=O) groups is 2. The molecular weight excluding hydrogens is 364 g/mol. The van der Waals surface area contributed by atoms with E-state index in [0.29, 0.717) is 12.2 Å². The second-order valence-corrected chi connectivity index (χ2v) is 7.19. The first-order valence-corrected chi connectivity index (χ1v) is 9.64. The van der Waals surface area contributed by atoms with Gasteiger partial charge in [-0.15, -0.1) is 0 Å². The Morgan fingerprint density at radius 1 is 1.30 bits per heavy atom. The first-order chi connectivity index (χ1) is 13.1. The second kappa shape index (κ2) is 9.16. The first kappa shape index (κ1) is 19.6. The normalized spacial score (nSPS) is 21.7. The van der Waals surface area contributed by atoms with Crippen LogP contribution in [0.3, 0.4) is 0 Å². The molecule has 2 saturated heterocycles. The van der Waals surface area contributed by atoms with Crippen molar-refractivity contribution in [1.29, 1.82) is 0 Å². The van der Waals surface area contributed by atoms with Gasteiger partial charge in [0.05, 0.1) is 25.4 Å². The van der Waals surface area contributed by atoms with Crippen LogP contribution in [0.25, 0.3) is 0 Å². The molecule has 1 atom stereocenters. The van der Waals surface area contributed by atoms with Crippen molar-refractivity contribution in [2.45, 2.75) is 13.3 Å². The maximum atomic E-state index is 12.8. The van der Waals surface area contributed by atoms with Crippen molar-refractivity contribution in [1.82, 2.24) is 5.32 Å². The van der Waals surface area contributed by atoms with Gasteiger partial charge in [-0.05, 0) is 31.3 Å². The third-order valence-corrected chi connectivity index (χ3v) is 5.05. The molecule has 2 amide bonds. The van der Waals surface area contributed by atoms with Crippen molar-refractivity contribution >= 4 is 41.0 Å². The third kappa shape index (κ3) is 4.97. The molecule has 2 aliphatic heterocycles. The predicted molar refractivity (Wildman–Crippen MR) is 107 cm³/mol. The van der Waals surface area contributed by atoms with Gasteiger partial charge in [-0.3, -0.25) is 19.5 Å². The summed E-state index contributed by atoms with van der Waals surface area (Å²) in [6, 6.07) is 7.43. The molecule has 1 aromatic rings. The quantitative estimate of drug-likeness (QED) is 0.304. The van der Waals surface area contributed by atoms with E-state index in [9.17, 15) is 9.59 Å². The van der Waals surface area contributed by atoms with E-state index in [4.69, 9.17) is 17.0 Å². The van der Waals surface area contributed by atoms with E-state index in [1.54, 1.807) is 0 Å². The summed E-state index contributed by atoms with van der Waals surface area (Å²) in [5.74, 6) is -1.74. The van der Waals surface area contributed by atoms with Gasteiger partial charge >= 0.3 is 0 Å². The number of ether oxygens (including phenoxy) is 1. The number of benzene rings is 1. The maximum absolute atomic E-state index is 12.8. The van der Waals surface area contributed by atoms with Crippen LogP contribution in [-0.2, 0) is 14.3 Å². The topological polar surface area (TPSA) is 75.4 Å². The molecule has 0 radical (unpaired) electrons. The van der Waals surface area contributed by atoms with Crippen molar-refractivity contribution in [3.63, 3.8) is 0 Å². The average Bonchev–Trinajstić information content (AvgIpc) is 2.66. The highest BCUT2D eigenvalue weighted by atomic mass is 32.1. The van der Waals surface area contributed by atoms with Crippen molar-refractivity contribution in [3.05, 3.63) is 29.8 Å². The van der Waals surface area contributed by atoms with Crippen LogP contribution in [0.5, 0.6) is 0 Å². The van der Waals surface area contributed by atoms with Crippen LogP contribution in [0.4, 0.5) is 5.69 Å². The number of nitrogens with zero attached hydrogens (tertiary/aromatic N) is 2. The van der Waals surface area contributed by atoms with E-state index in [0.717, 1.165) is 44.8 Å². The number of anilines is 1. The summed E-state index contributed by atoms with van der Waals surface area (Å²) in [6.45, 7) is 7.25. The fourth-order valence-electron chi connectivity index (χ4n) is 3.17. The van der Waals surface area contributed by atoms with Crippen LogP contribution < -0.4 is 15.1 Å². The highest BCUT2D eigenvalue weighted by molar-refractivity contribution is 7.80. The molecule has 7 nitrogen and oxygen atoms in total. The number of carbonyl (C=O) groups excluding carboxylic acids is 2. The number of nitrogens with one attached hydrogen (secondary N) is 2. The van der Waals surface area contributed by atoms with Crippen LogP contribution in [0.1, 0.15) is 12.0 Å². The van der Waals surface area contributed by atoms with Gasteiger partial charge in [0.25, 0.3) is 5.91 Å². The minimum atomic E-state index is -0.950. The second-order valence-electron chi connectivity index (χ2n) is 6.80. The highest BCUT2D eigenvalue weighted by Crippen LogP contribution is 2.20. The Bertz CT molecular complexity index is 729. The minimum Gasteiger partial charge on any atom is -0.370 e. The van der Waals surface area contributed by atoms with E-state index >= 15 is 0 Å². The molecule has 0 bridgehead atoms. The number of hydrogen-bond donors (Lipinski definition) is 2. The Hall–Kier alpha value is -2.16. The fraction of sp³-hybridized carbons (Fsp3) is 0.474. The zero-order chi connectivity index (χ0) is 19.2. The van der Waals surface area contributed by atoms with Crippen LogP contribution in [0.2, 0.25) is 0 Å². The van der Waals surface area contributed by atoms with Gasteiger partial charge in [-0.25, -0.2) is 0 Å². The van der Waals surface area contributed by atoms with E-state index in [1.165, 1.54) is 16.0 Å². The number of morpholine rings is 1. The monoisotopic (exact) mass is 389 g/mol. The molecule has 1 aromatic carbocycles. The number of rotatable bonds is 6. The molecule has 8 heteroatoms. The van der Waals surface area contributed by atoms with Gasteiger partial charge in [-0.2, -0.15) is 0 Å². The molecular formula is C19H25N4O3S+. The van der Waals surface area contributed by atoms with Crippen molar-refractivity contribution in [2.75, 3.05) is 44.3 Å². The molecule has 3 rings (SSSR count). The molecule has 0 unspecified atom stereocenters. The molecule has 0 saturated carbocycles. The molecule has 2 heterocycles. The summed E-state index contributed by atoms with van der Waals surface area (Å²) in [6.07, 6.45) is 2.36. The Labute approximate surface area is 164 Å².